The van der Waals surface area contributed by atoms with Gasteiger partial charge in [0.1, 0.15) is 43.2 Å². The van der Waals surface area contributed by atoms with Crippen LogP contribution >= 0.6 is 7.82 Å². The molecule has 378 valence electrons. The lowest BCUT2D eigenvalue weighted by atomic mass is 9.85. The number of allylic oxidation sites excluding steroid dienone is 7. The van der Waals surface area contributed by atoms with Crippen molar-refractivity contribution in [3.63, 3.8) is 0 Å². The molecule has 1 aliphatic carbocycles. The minimum atomic E-state index is -5.19. The fourth-order valence-corrected chi connectivity index (χ4v) is 8.29. The normalized spacial score (nSPS) is 22.8. The Morgan fingerprint density at radius 2 is 0.969 bits per heavy atom. The molecule has 0 aromatic heterocycles. The van der Waals surface area contributed by atoms with Gasteiger partial charge in [0.05, 0.1) is 18.8 Å². The van der Waals surface area contributed by atoms with Gasteiger partial charge in [0.25, 0.3) is 0 Å². The highest BCUT2D eigenvalue weighted by molar-refractivity contribution is 7.47. The molecule has 1 aliphatic rings. The number of esters is 2. The van der Waals surface area contributed by atoms with Crippen molar-refractivity contribution >= 4 is 19.8 Å². The first kappa shape index (κ1) is 60.7. The van der Waals surface area contributed by atoms with Crippen LogP contribution in [-0.2, 0) is 32.7 Å². The zero-order valence-electron chi connectivity index (χ0n) is 39.5. The average molecular weight is 947 g/mol. The first-order chi connectivity index (χ1) is 31.2. The maximum Gasteiger partial charge on any atom is 0.472 e. The fourth-order valence-electron chi connectivity index (χ4n) is 7.32. The van der Waals surface area contributed by atoms with E-state index in [2.05, 4.69) is 44.2 Å². The van der Waals surface area contributed by atoms with Gasteiger partial charge < -0.3 is 50.1 Å². The summed E-state index contributed by atoms with van der Waals surface area (Å²) in [6.45, 7) is 2.95. The number of phosphoric ester groups is 1. The number of unbranched alkanes of at least 4 members (excludes halogenated alkanes) is 16. The number of carbonyl (C=O) groups is 2. The molecule has 0 aromatic rings. The first-order valence-corrected chi connectivity index (χ1v) is 26.1. The predicted molar refractivity (Wildman–Crippen MR) is 251 cm³/mol. The lowest BCUT2D eigenvalue weighted by molar-refractivity contribution is -0.220. The molecule has 0 spiro atoms. The molecule has 1 fully saturated rings. The molecule has 1 saturated carbocycles. The van der Waals surface area contributed by atoms with E-state index in [1.165, 1.54) is 77.0 Å². The Hall–Kier alpha value is -2.27. The summed E-state index contributed by atoms with van der Waals surface area (Å²) in [7, 11) is -5.19. The average Bonchev–Trinajstić information content (AvgIpc) is 3.28. The van der Waals surface area contributed by atoms with Gasteiger partial charge in [-0.05, 0) is 51.4 Å². The van der Waals surface area contributed by atoms with Gasteiger partial charge in [-0.15, -0.1) is 0 Å². The van der Waals surface area contributed by atoms with Crippen LogP contribution < -0.4 is 0 Å². The van der Waals surface area contributed by atoms with E-state index in [9.17, 15) is 54.8 Å². The van der Waals surface area contributed by atoms with Crippen LogP contribution in [0.2, 0.25) is 0 Å². The van der Waals surface area contributed by atoms with Crippen molar-refractivity contribution in [1.29, 1.82) is 0 Å². The van der Waals surface area contributed by atoms with Crippen LogP contribution in [0.4, 0.5) is 0 Å². The predicted octanol–water partition coefficient (Wildman–Crippen LogP) is 7.89. The highest BCUT2D eigenvalue weighted by Gasteiger charge is 2.51. The van der Waals surface area contributed by atoms with E-state index in [1.54, 1.807) is 6.08 Å². The van der Waals surface area contributed by atoms with Crippen LogP contribution in [0.3, 0.4) is 0 Å². The van der Waals surface area contributed by atoms with Crippen molar-refractivity contribution in [3.8, 4) is 0 Å². The van der Waals surface area contributed by atoms with Crippen molar-refractivity contribution in [2.24, 2.45) is 0 Å². The third-order valence-corrected chi connectivity index (χ3v) is 12.4. The molecule has 8 N–H and O–H groups in total. The molecule has 65 heavy (non-hydrogen) atoms. The number of ether oxygens (including phenoxy) is 2. The maximum absolute atomic E-state index is 12.8. The van der Waals surface area contributed by atoms with Gasteiger partial charge in [-0.1, -0.05) is 165 Å². The molecule has 0 amide bonds. The lowest BCUT2D eigenvalue weighted by Crippen LogP contribution is -2.64. The summed E-state index contributed by atoms with van der Waals surface area (Å²) in [6, 6.07) is 0. The Morgan fingerprint density at radius 1 is 0.538 bits per heavy atom. The number of aliphatic hydroxyl groups is 7. The number of hydrogen-bond acceptors (Lipinski definition) is 14. The smallest absolute Gasteiger partial charge is 0.462 e. The zero-order chi connectivity index (χ0) is 48.1. The summed E-state index contributed by atoms with van der Waals surface area (Å²) in [6.07, 6.45) is 24.6. The van der Waals surface area contributed by atoms with Crippen molar-refractivity contribution in [3.05, 3.63) is 48.6 Å². The molecule has 3 unspecified atom stereocenters. The van der Waals surface area contributed by atoms with Gasteiger partial charge in [-0.25, -0.2) is 4.57 Å². The van der Waals surface area contributed by atoms with Gasteiger partial charge in [-0.2, -0.15) is 0 Å². The van der Waals surface area contributed by atoms with E-state index < -0.39 is 87.9 Å². The number of rotatable bonds is 40. The fraction of sp³-hybridized carbons (Fsp3) is 0.796. The molecule has 0 radical (unpaired) electrons. The van der Waals surface area contributed by atoms with Crippen LogP contribution in [0.25, 0.3) is 0 Å². The molecule has 0 aromatic carbocycles. The largest absolute Gasteiger partial charge is 0.472 e. The number of aliphatic hydroxyl groups excluding tert-OH is 7. The van der Waals surface area contributed by atoms with E-state index in [0.29, 0.717) is 12.8 Å². The SMILES string of the molecule is CC/C=C\C/C=C\C/C=C\C/C=C\C[C@H](O)[C@@H](O)CCCC(=O)OC[C@H](COP(=O)(O)OC1[C@H](O)[C@H](O)C(O)[C@H](O)[C@H]1O)OC(=O)CCCCCCCCCCCCCCCCCCC. The highest BCUT2D eigenvalue weighted by Crippen LogP contribution is 2.47. The highest BCUT2D eigenvalue weighted by atomic mass is 31.2. The van der Waals surface area contributed by atoms with Crippen LogP contribution in [0, 0.1) is 0 Å². The van der Waals surface area contributed by atoms with Crippen molar-refractivity contribution < 1.29 is 73.3 Å². The zero-order valence-corrected chi connectivity index (χ0v) is 40.4. The van der Waals surface area contributed by atoms with Gasteiger partial charge in [-0.3, -0.25) is 18.6 Å². The van der Waals surface area contributed by atoms with E-state index in [-0.39, 0.29) is 32.1 Å². The molecule has 1 rings (SSSR count). The summed E-state index contributed by atoms with van der Waals surface area (Å²) < 4.78 is 33.4. The molecule has 10 atom stereocenters. The summed E-state index contributed by atoms with van der Waals surface area (Å²) in [5.74, 6) is -1.38. The Balaban J connectivity index is 2.53. The Kier molecular flexibility index (Phi) is 36.1. The van der Waals surface area contributed by atoms with Crippen molar-refractivity contribution in [1.82, 2.24) is 0 Å². The number of carbonyl (C=O) groups excluding carboxylic acids is 2. The first-order valence-electron chi connectivity index (χ1n) is 24.6. The van der Waals surface area contributed by atoms with E-state index >= 15 is 0 Å². The van der Waals surface area contributed by atoms with E-state index in [1.807, 2.05) is 12.2 Å². The molecular weight excluding hydrogens is 859 g/mol. The molecular formula is C49H87O15P. The second-order valence-electron chi connectivity index (χ2n) is 17.3. The third-order valence-electron chi connectivity index (χ3n) is 11.4. The van der Waals surface area contributed by atoms with Crippen LogP contribution in [0.5, 0.6) is 0 Å². The van der Waals surface area contributed by atoms with Gasteiger partial charge >= 0.3 is 19.8 Å². The van der Waals surface area contributed by atoms with Crippen molar-refractivity contribution in [2.45, 2.75) is 236 Å². The summed E-state index contributed by atoms with van der Waals surface area (Å²) in [4.78, 5) is 35.8. The summed E-state index contributed by atoms with van der Waals surface area (Å²) >= 11 is 0. The maximum atomic E-state index is 12.8. The number of phosphoric acid groups is 1. The van der Waals surface area contributed by atoms with Gasteiger partial charge in [0.2, 0.25) is 0 Å². The Morgan fingerprint density at radius 3 is 1.46 bits per heavy atom. The van der Waals surface area contributed by atoms with E-state index in [4.69, 9.17) is 18.5 Å². The van der Waals surface area contributed by atoms with E-state index in [0.717, 1.165) is 44.9 Å². The molecule has 16 heteroatoms. The molecule has 0 saturated heterocycles. The lowest BCUT2D eigenvalue weighted by Gasteiger charge is -2.41. The Labute approximate surface area is 389 Å². The summed E-state index contributed by atoms with van der Waals surface area (Å²) in [5, 5.41) is 71.0. The molecule has 0 bridgehead atoms. The van der Waals surface area contributed by atoms with Crippen LogP contribution in [-0.4, -0.2) is 121 Å². The molecule has 0 heterocycles. The summed E-state index contributed by atoms with van der Waals surface area (Å²) in [5.41, 5.74) is 0. The topological polar surface area (TPSA) is 250 Å². The third kappa shape index (κ3) is 30.7. The minimum Gasteiger partial charge on any atom is -0.462 e. The minimum absolute atomic E-state index is 0.0377. The number of hydrogen-bond donors (Lipinski definition) is 8. The molecule has 15 nitrogen and oxygen atoms in total. The monoisotopic (exact) mass is 947 g/mol. The second kappa shape index (κ2) is 38.7. The van der Waals surface area contributed by atoms with Crippen LogP contribution in [0.1, 0.15) is 181 Å². The van der Waals surface area contributed by atoms with Gasteiger partial charge in [0.15, 0.2) is 6.10 Å². The van der Waals surface area contributed by atoms with Crippen molar-refractivity contribution in [2.75, 3.05) is 13.2 Å². The van der Waals surface area contributed by atoms with Crippen LogP contribution in [0.15, 0.2) is 48.6 Å². The Bertz CT molecular complexity index is 1360. The molecule has 0 aliphatic heterocycles. The standard InChI is InChI=1S/C49H87O15P/c1-3-5-7-9-11-13-15-17-18-19-20-21-23-25-27-29-31-35-43(53)63-39(38-62-65(59,60)64-49-47(57)45(55)44(54)46(56)48(49)58)37-61-42(52)36-32-34-41(51)40(50)33-30-28-26-24-22-16-14-12-10-8-6-4-2/h6,8,12,14,22,24,28,30,39-41,44-51,54-58H,3-5,7,9-11,13,15-21,23,25-27,29,31-38H2,1-2H3,(H,59,60)/b8-6-,14-12-,24-22-,30-28-/t39-,40+,41+,44?,45-,46+,47-,48-,49?/m1/s1. The van der Waals surface area contributed by atoms with Gasteiger partial charge in [0, 0.05) is 12.8 Å². The quantitative estimate of drug-likeness (QED) is 0.0126. The second-order valence-corrected chi connectivity index (χ2v) is 18.7.